The van der Waals surface area contributed by atoms with Crippen molar-refractivity contribution in [2.75, 3.05) is 25.0 Å². The van der Waals surface area contributed by atoms with Crippen LogP contribution in [-0.4, -0.2) is 36.6 Å². The Morgan fingerprint density at radius 1 is 1.44 bits per heavy atom. The van der Waals surface area contributed by atoms with Crippen molar-refractivity contribution in [1.82, 2.24) is 10.3 Å². The Kier molecular flexibility index (Phi) is 6.13. The van der Waals surface area contributed by atoms with E-state index in [0.29, 0.717) is 31.1 Å². The molecule has 1 rings (SSSR count). The molecule has 7 heteroatoms. The quantitative estimate of drug-likeness (QED) is 0.730. The normalized spacial score (nSPS) is 9.89. The summed E-state index contributed by atoms with van der Waals surface area (Å²) < 4.78 is 4.88. The van der Waals surface area contributed by atoms with E-state index in [1.165, 1.54) is 11.3 Å². The summed E-state index contributed by atoms with van der Waals surface area (Å²) in [6, 6.07) is 0. The first-order chi connectivity index (χ1) is 8.69. The Hall–Kier alpha value is -1.63. The molecule has 1 aromatic heterocycles. The summed E-state index contributed by atoms with van der Waals surface area (Å²) in [6.45, 7) is 5.00. The van der Waals surface area contributed by atoms with E-state index in [0.717, 1.165) is 0 Å². The molecule has 2 N–H and O–H groups in total. The van der Waals surface area contributed by atoms with Gasteiger partial charge < -0.3 is 15.4 Å². The van der Waals surface area contributed by atoms with Crippen LogP contribution in [0.2, 0.25) is 0 Å². The molecule has 0 spiro atoms. The Morgan fingerprint density at radius 2 is 2.22 bits per heavy atom. The van der Waals surface area contributed by atoms with Gasteiger partial charge >= 0.3 is 5.97 Å². The predicted molar refractivity (Wildman–Crippen MR) is 69.9 cm³/mol. The van der Waals surface area contributed by atoms with E-state index in [-0.39, 0.29) is 11.6 Å². The average Bonchev–Trinajstić information content (AvgIpc) is 2.78. The van der Waals surface area contributed by atoms with Crippen molar-refractivity contribution < 1.29 is 14.3 Å². The molecule has 100 valence electrons. The van der Waals surface area contributed by atoms with Gasteiger partial charge in [-0.3, -0.25) is 4.79 Å². The van der Waals surface area contributed by atoms with Crippen molar-refractivity contribution in [3.05, 3.63) is 11.2 Å². The van der Waals surface area contributed by atoms with Crippen molar-refractivity contribution in [3.63, 3.8) is 0 Å². The molecule has 0 bridgehead atoms. The van der Waals surface area contributed by atoms with Crippen molar-refractivity contribution in [1.29, 1.82) is 0 Å². The summed E-state index contributed by atoms with van der Waals surface area (Å²) in [5.74, 6) is -0.466. The third-order valence-corrected chi connectivity index (χ3v) is 2.83. The summed E-state index contributed by atoms with van der Waals surface area (Å²) in [5.41, 5.74) is 1.85. The molecule has 0 fully saturated rings. The second kappa shape index (κ2) is 7.65. The Balaban J connectivity index is 2.45. The lowest BCUT2D eigenvalue weighted by molar-refractivity contribution is -0.120. The maximum atomic E-state index is 11.5. The fraction of sp³-hybridized carbons (Fsp3) is 0.545. The first-order valence-corrected chi connectivity index (χ1v) is 6.68. The minimum absolute atomic E-state index is 0.0211. The zero-order valence-electron chi connectivity index (χ0n) is 10.5. The summed E-state index contributed by atoms with van der Waals surface area (Å²) in [6.07, 6.45) is 0.355. The minimum atomic E-state index is -0.445. The molecule has 0 radical (unpaired) electrons. The SMILES string of the molecule is CCNC(=O)CCNc1scnc1C(=O)OCC. The van der Waals surface area contributed by atoms with Crippen LogP contribution in [0.4, 0.5) is 5.00 Å². The van der Waals surface area contributed by atoms with Crippen LogP contribution < -0.4 is 10.6 Å². The van der Waals surface area contributed by atoms with Gasteiger partial charge in [0.1, 0.15) is 5.00 Å². The first-order valence-electron chi connectivity index (χ1n) is 5.80. The highest BCUT2D eigenvalue weighted by Gasteiger charge is 2.15. The Labute approximate surface area is 110 Å². The maximum absolute atomic E-state index is 11.5. The molecular weight excluding hydrogens is 254 g/mol. The van der Waals surface area contributed by atoms with Gasteiger partial charge in [0, 0.05) is 19.5 Å². The van der Waals surface area contributed by atoms with E-state index in [1.807, 2.05) is 6.92 Å². The van der Waals surface area contributed by atoms with Crippen LogP contribution >= 0.6 is 11.3 Å². The molecular formula is C11H17N3O3S. The number of aromatic nitrogens is 1. The van der Waals surface area contributed by atoms with Crippen molar-refractivity contribution in [2.45, 2.75) is 20.3 Å². The third-order valence-electron chi connectivity index (χ3n) is 2.05. The van der Waals surface area contributed by atoms with Gasteiger partial charge in [0.25, 0.3) is 0 Å². The summed E-state index contributed by atoms with van der Waals surface area (Å²) in [7, 11) is 0. The fourth-order valence-electron chi connectivity index (χ4n) is 1.29. The fourth-order valence-corrected chi connectivity index (χ4v) is 1.99. The van der Waals surface area contributed by atoms with Gasteiger partial charge in [0.2, 0.25) is 5.91 Å². The summed E-state index contributed by atoms with van der Waals surface area (Å²) in [5, 5.41) is 6.35. The van der Waals surface area contributed by atoms with Crippen LogP contribution in [0.1, 0.15) is 30.8 Å². The van der Waals surface area contributed by atoms with Crippen molar-refractivity contribution in [2.24, 2.45) is 0 Å². The molecule has 18 heavy (non-hydrogen) atoms. The maximum Gasteiger partial charge on any atom is 0.360 e. The van der Waals surface area contributed by atoms with Gasteiger partial charge in [0.05, 0.1) is 12.1 Å². The van der Waals surface area contributed by atoms with E-state index in [9.17, 15) is 9.59 Å². The zero-order valence-corrected chi connectivity index (χ0v) is 11.3. The van der Waals surface area contributed by atoms with Crippen molar-refractivity contribution in [3.8, 4) is 0 Å². The highest BCUT2D eigenvalue weighted by molar-refractivity contribution is 7.14. The largest absolute Gasteiger partial charge is 0.461 e. The molecule has 0 atom stereocenters. The standard InChI is InChI=1S/C11H17N3O3S/c1-3-12-8(15)5-6-13-10-9(14-7-18-10)11(16)17-4-2/h7,13H,3-6H2,1-2H3,(H,12,15). The van der Waals surface area contributed by atoms with Crippen molar-refractivity contribution >= 4 is 28.2 Å². The lowest BCUT2D eigenvalue weighted by Crippen LogP contribution is -2.24. The highest BCUT2D eigenvalue weighted by Crippen LogP contribution is 2.20. The van der Waals surface area contributed by atoms with E-state index < -0.39 is 5.97 Å². The lowest BCUT2D eigenvalue weighted by atomic mass is 10.4. The molecule has 1 amide bonds. The molecule has 1 heterocycles. The number of ether oxygens (including phenoxy) is 1. The first kappa shape index (κ1) is 14.4. The molecule has 0 saturated carbocycles. The molecule has 0 aromatic carbocycles. The molecule has 0 aliphatic carbocycles. The number of anilines is 1. The van der Waals surface area contributed by atoms with E-state index in [1.54, 1.807) is 12.4 Å². The Bertz CT molecular complexity index is 406. The van der Waals surface area contributed by atoms with E-state index >= 15 is 0 Å². The predicted octanol–water partition coefficient (Wildman–Crippen LogP) is 1.26. The van der Waals surface area contributed by atoms with Gasteiger partial charge in [-0.2, -0.15) is 0 Å². The number of amides is 1. The third kappa shape index (κ3) is 4.33. The van der Waals surface area contributed by atoms with E-state index in [2.05, 4.69) is 15.6 Å². The number of carbonyl (C=O) groups excluding carboxylic acids is 2. The smallest absolute Gasteiger partial charge is 0.360 e. The van der Waals surface area contributed by atoms with Gasteiger partial charge in [-0.25, -0.2) is 9.78 Å². The monoisotopic (exact) mass is 271 g/mol. The van der Waals surface area contributed by atoms with Gasteiger partial charge in [0.15, 0.2) is 5.69 Å². The Morgan fingerprint density at radius 3 is 2.89 bits per heavy atom. The topological polar surface area (TPSA) is 80.3 Å². The number of rotatable bonds is 7. The molecule has 1 aromatic rings. The number of hydrogen-bond acceptors (Lipinski definition) is 6. The summed E-state index contributed by atoms with van der Waals surface area (Å²) >= 11 is 1.31. The van der Waals surface area contributed by atoms with E-state index in [4.69, 9.17) is 4.74 Å². The zero-order chi connectivity index (χ0) is 13.4. The lowest BCUT2D eigenvalue weighted by Gasteiger charge is -2.06. The number of nitrogens with one attached hydrogen (secondary N) is 2. The average molecular weight is 271 g/mol. The second-order valence-electron chi connectivity index (χ2n) is 3.38. The van der Waals surface area contributed by atoms with Gasteiger partial charge in [-0.1, -0.05) is 0 Å². The molecule has 6 nitrogen and oxygen atoms in total. The van der Waals surface area contributed by atoms with Crippen LogP contribution in [0.3, 0.4) is 0 Å². The van der Waals surface area contributed by atoms with Crippen LogP contribution in [0.25, 0.3) is 0 Å². The van der Waals surface area contributed by atoms with Crippen LogP contribution in [-0.2, 0) is 9.53 Å². The number of nitrogens with zero attached hydrogens (tertiary/aromatic N) is 1. The van der Waals surface area contributed by atoms with Gasteiger partial charge in [-0.05, 0) is 13.8 Å². The number of esters is 1. The van der Waals surface area contributed by atoms with Gasteiger partial charge in [-0.15, -0.1) is 11.3 Å². The molecule has 0 unspecified atom stereocenters. The van der Waals surface area contributed by atoms with Crippen LogP contribution in [0, 0.1) is 0 Å². The number of thiazole rings is 1. The highest BCUT2D eigenvalue weighted by atomic mass is 32.1. The van der Waals surface area contributed by atoms with Crippen LogP contribution in [0.5, 0.6) is 0 Å². The number of carbonyl (C=O) groups is 2. The summed E-state index contributed by atoms with van der Waals surface area (Å²) in [4.78, 5) is 26.7. The van der Waals surface area contributed by atoms with Crippen LogP contribution in [0.15, 0.2) is 5.51 Å². The minimum Gasteiger partial charge on any atom is -0.461 e. The number of hydrogen-bond donors (Lipinski definition) is 2. The second-order valence-corrected chi connectivity index (χ2v) is 4.24. The molecule has 0 aliphatic rings. The molecule has 0 saturated heterocycles. The molecule has 0 aliphatic heterocycles.